The number of ether oxygens (including phenoxy) is 1. The second-order valence-electron chi connectivity index (χ2n) is 4.55. The molecule has 2 rings (SSSR count). The van der Waals surface area contributed by atoms with E-state index in [1.54, 1.807) is 7.11 Å². The van der Waals surface area contributed by atoms with E-state index in [1.807, 2.05) is 0 Å². The molecule has 0 spiro atoms. The first-order valence-corrected chi connectivity index (χ1v) is 5.83. The molecule has 0 saturated carbocycles. The van der Waals surface area contributed by atoms with Crippen molar-refractivity contribution >= 4 is 5.96 Å². The molecule has 1 saturated heterocycles. The maximum Gasteiger partial charge on any atom is 0.194 e. The third-order valence-electron chi connectivity index (χ3n) is 3.48. The molecule has 15 heavy (non-hydrogen) atoms. The van der Waals surface area contributed by atoms with Gasteiger partial charge < -0.3 is 15.0 Å². The van der Waals surface area contributed by atoms with Gasteiger partial charge in [-0.15, -0.1) is 0 Å². The number of aliphatic imine (C=N–C) groups is 1. The quantitative estimate of drug-likeness (QED) is 0.698. The fourth-order valence-corrected chi connectivity index (χ4v) is 2.14. The highest BCUT2D eigenvalue weighted by Gasteiger charge is 2.27. The Morgan fingerprint density at radius 3 is 2.47 bits per heavy atom. The molecule has 2 atom stereocenters. The fourth-order valence-electron chi connectivity index (χ4n) is 2.14. The first-order chi connectivity index (χ1) is 7.20. The van der Waals surface area contributed by atoms with Gasteiger partial charge in [-0.2, -0.15) is 0 Å². The van der Waals surface area contributed by atoms with Crippen molar-refractivity contribution in [3.8, 4) is 0 Å². The lowest BCUT2D eigenvalue weighted by Crippen LogP contribution is -2.46. The van der Waals surface area contributed by atoms with Gasteiger partial charge in [0.1, 0.15) is 0 Å². The summed E-state index contributed by atoms with van der Waals surface area (Å²) in [5.41, 5.74) is 0. The Balaban J connectivity index is 1.89. The van der Waals surface area contributed by atoms with E-state index in [9.17, 15) is 0 Å². The first kappa shape index (κ1) is 10.7. The van der Waals surface area contributed by atoms with Crippen LogP contribution in [0.25, 0.3) is 0 Å². The summed E-state index contributed by atoms with van der Waals surface area (Å²) in [5, 5.41) is 3.44. The Bertz CT molecular complexity index is 246. The molecule has 0 bridgehead atoms. The molecule has 0 aromatic heterocycles. The summed E-state index contributed by atoms with van der Waals surface area (Å²) in [6.45, 7) is 6.46. The van der Waals surface area contributed by atoms with Crippen molar-refractivity contribution in [3.63, 3.8) is 0 Å². The fraction of sp³-hybridized carbons (Fsp3) is 0.909. The molecule has 2 aliphatic rings. The van der Waals surface area contributed by atoms with Gasteiger partial charge in [-0.1, -0.05) is 0 Å². The van der Waals surface area contributed by atoms with Crippen molar-refractivity contribution in [2.45, 2.75) is 44.9 Å². The number of methoxy groups -OCH3 is 1. The van der Waals surface area contributed by atoms with Crippen LogP contribution in [0.2, 0.25) is 0 Å². The monoisotopic (exact) mass is 211 g/mol. The second-order valence-corrected chi connectivity index (χ2v) is 4.55. The minimum atomic E-state index is 0.403. The molecule has 2 unspecified atom stereocenters. The van der Waals surface area contributed by atoms with Crippen LogP contribution in [0.15, 0.2) is 4.99 Å². The van der Waals surface area contributed by atoms with E-state index in [4.69, 9.17) is 4.74 Å². The Hall–Kier alpha value is -0.770. The van der Waals surface area contributed by atoms with Crippen molar-refractivity contribution in [3.05, 3.63) is 0 Å². The summed E-state index contributed by atoms with van der Waals surface area (Å²) in [4.78, 5) is 6.98. The molecule has 86 valence electrons. The second kappa shape index (κ2) is 4.39. The molecule has 4 nitrogen and oxygen atoms in total. The largest absolute Gasteiger partial charge is 0.381 e. The summed E-state index contributed by atoms with van der Waals surface area (Å²) < 4.78 is 5.36. The standard InChI is InChI=1S/C11H21N3O/c1-8-9(2)13-11(12-8)14-6-4-10(15-3)5-7-14/h8-10H,4-7H2,1-3H3,(H,12,13). The third-order valence-corrected chi connectivity index (χ3v) is 3.48. The number of rotatable bonds is 1. The minimum absolute atomic E-state index is 0.403. The number of guanidine groups is 1. The summed E-state index contributed by atoms with van der Waals surface area (Å²) in [6, 6.07) is 0.875. The van der Waals surface area contributed by atoms with Gasteiger partial charge >= 0.3 is 0 Å². The number of nitrogens with one attached hydrogen (secondary N) is 1. The average molecular weight is 211 g/mol. The minimum Gasteiger partial charge on any atom is -0.381 e. The number of nitrogens with zero attached hydrogens (tertiary/aromatic N) is 2. The molecular formula is C11H21N3O. The van der Waals surface area contributed by atoms with Crippen LogP contribution in [0.1, 0.15) is 26.7 Å². The van der Waals surface area contributed by atoms with E-state index in [-0.39, 0.29) is 0 Å². The van der Waals surface area contributed by atoms with E-state index < -0.39 is 0 Å². The highest BCUT2D eigenvalue weighted by atomic mass is 16.5. The maximum atomic E-state index is 5.36. The van der Waals surface area contributed by atoms with Gasteiger partial charge in [0.05, 0.1) is 12.1 Å². The maximum absolute atomic E-state index is 5.36. The van der Waals surface area contributed by atoms with Crippen LogP contribution < -0.4 is 5.32 Å². The van der Waals surface area contributed by atoms with Crippen LogP contribution in [0.3, 0.4) is 0 Å². The number of likely N-dealkylation sites (tertiary alicyclic amines) is 1. The lowest BCUT2D eigenvalue weighted by Gasteiger charge is -2.32. The SMILES string of the molecule is COC1CCN(C2=NC(C)C(C)N2)CC1. The normalized spacial score (nSPS) is 32.7. The Morgan fingerprint density at radius 1 is 1.33 bits per heavy atom. The third kappa shape index (κ3) is 2.25. The lowest BCUT2D eigenvalue weighted by molar-refractivity contribution is 0.0572. The summed E-state index contributed by atoms with van der Waals surface area (Å²) in [6.07, 6.45) is 2.66. The Morgan fingerprint density at radius 2 is 2.00 bits per heavy atom. The van der Waals surface area contributed by atoms with Gasteiger partial charge in [0.25, 0.3) is 0 Å². The van der Waals surface area contributed by atoms with Crippen LogP contribution in [0, 0.1) is 0 Å². The predicted octanol–water partition coefficient (Wildman–Crippen LogP) is 0.833. The lowest BCUT2D eigenvalue weighted by atomic mass is 10.1. The Labute approximate surface area is 91.7 Å². The van der Waals surface area contributed by atoms with Crippen LogP contribution in [0.4, 0.5) is 0 Å². The molecule has 1 N–H and O–H groups in total. The zero-order valence-electron chi connectivity index (χ0n) is 9.86. The number of piperidine rings is 1. The van der Waals surface area contributed by atoms with Gasteiger partial charge in [-0.05, 0) is 26.7 Å². The van der Waals surface area contributed by atoms with E-state index >= 15 is 0 Å². The summed E-state index contributed by atoms with van der Waals surface area (Å²) >= 11 is 0. The molecule has 0 radical (unpaired) electrons. The van der Waals surface area contributed by atoms with Crippen molar-refractivity contribution in [2.75, 3.05) is 20.2 Å². The molecule has 0 aromatic carbocycles. The van der Waals surface area contributed by atoms with Crippen molar-refractivity contribution in [1.29, 1.82) is 0 Å². The van der Waals surface area contributed by atoms with Crippen molar-refractivity contribution < 1.29 is 4.74 Å². The topological polar surface area (TPSA) is 36.9 Å². The summed E-state index contributed by atoms with van der Waals surface area (Å²) in [7, 11) is 1.80. The van der Waals surface area contributed by atoms with Crippen LogP contribution in [-0.4, -0.2) is 49.2 Å². The van der Waals surface area contributed by atoms with E-state index in [0.29, 0.717) is 18.2 Å². The molecule has 0 aromatic rings. The first-order valence-electron chi connectivity index (χ1n) is 5.83. The molecule has 1 fully saturated rings. The van der Waals surface area contributed by atoms with E-state index in [1.165, 1.54) is 0 Å². The molecule has 0 aliphatic carbocycles. The number of hydrogen-bond acceptors (Lipinski definition) is 4. The molecular weight excluding hydrogens is 190 g/mol. The van der Waals surface area contributed by atoms with Crippen molar-refractivity contribution in [1.82, 2.24) is 10.2 Å². The van der Waals surface area contributed by atoms with Crippen LogP contribution in [-0.2, 0) is 4.74 Å². The molecule has 2 aliphatic heterocycles. The molecule has 0 amide bonds. The average Bonchev–Trinajstić information content (AvgIpc) is 2.59. The van der Waals surface area contributed by atoms with E-state index in [0.717, 1.165) is 31.9 Å². The highest BCUT2D eigenvalue weighted by molar-refractivity contribution is 5.82. The molecule has 4 heteroatoms. The zero-order chi connectivity index (χ0) is 10.8. The smallest absolute Gasteiger partial charge is 0.194 e. The van der Waals surface area contributed by atoms with Gasteiger partial charge in [-0.25, -0.2) is 4.99 Å². The summed E-state index contributed by atoms with van der Waals surface area (Å²) in [5.74, 6) is 1.09. The van der Waals surface area contributed by atoms with Crippen LogP contribution >= 0.6 is 0 Å². The Kier molecular flexibility index (Phi) is 3.14. The van der Waals surface area contributed by atoms with Crippen molar-refractivity contribution in [2.24, 2.45) is 4.99 Å². The van der Waals surface area contributed by atoms with Gasteiger partial charge in [0, 0.05) is 26.2 Å². The van der Waals surface area contributed by atoms with E-state index in [2.05, 4.69) is 29.1 Å². The predicted molar refractivity (Wildman–Crippen MR) is 61.1 cm³/mol. The van der Waals surface area contributed by atoms with Gasteiger partial charge in [0.2, 0.25) is 0 Å². The highest BCUT2D eigenvalue weighted by Crippen LogP contribution is 2.16. The van der Waals surface area contributed by atoms with Gasteiger partial charge in [0.15, 0.2) is 5.96 Å². The molecule has 2 heterocycles. The van der Waals surface area contributed by atoms with Crippen LogP contribution in [0.5, 0.6) is 0 Å². The zero-order valence-corrected chi connectivity index (χ0v) is 9.86. The number of hydrogen-bond donors (Lipinski definition) is 1. The van der Waals surface area contributed by atoms with Gasteiger partial charge in [-0.3, -0.25) is 0 Å².